The number of hydrogen-bond donors (Lipinski definition) is 1. The second kappa shape index (κ2) is 9.54. The van der Waals surface area contributed by atoms with Crippen molar-refractivity contribution in [2.45, 2.75) is 20.8 Å². The number of hydrogen-bond acceptors (Lipinski definition) is 1. The second-order valence-corrected chi connectivity index (χ2v) is 4.46. The number of benzene rings is 1. The van der Waals surface area contributed by atoms with E-state index < -0.39 is 0 Å². The first-order chi connectivity index (χ1) is 10.2. The van der Waals surface area contributed by atoms with Crippen molar-refractivity contribution < 1.29 is 4.79 Å². The molecule has 1 atom stereocenters. The molecule has 110 valence electrons. The number of carbonyl (C=O) groups excluding carboxylic acids is 1. The first-order valence-corrected chi connectivity index (χ1v) is 7.35. The normalized spacial score (nSPS) is 16.7. The maximum Gasteiger partial charge on any atom is 0.248 e. The van der Waals surface area contributed by atoms with Crippen LogP contribution in [-0.2, 0) is 4.79 Å². The third kappa shape index (κ3) is 6.57. The highest BCUT2D eigenvalue weighted by Gasteiger charge is 1.98. The molecule has 21 heavy (non-hydrogen) atoms. The van der Waals surface area contributed by atoms with Crippen LogP contribution in [0.5, 0.6) is 0 Å². The Kier molecular flexibility index (Phi) is 7.59. The molecule has 0 bridgehead atoms. The predicted octanol–water partition coefficient (Wildman–Crippen LogP) is 4.90. The lowest BCUT2D eigenvalue weighted by Gasteiger charge is -2.00. The Labute approximate surface area is 127 Å². The van der Waals surface area contributed by atoms with Crippen LogP contribution in [0, 0.1) is 5.92 Å². The Bertz CT molecular complexity index is 550. The van der Waals surface area contributed by atoms with Gasteiger partial charge in [-0.05, 0) is 29.7 Å². The highest BCUT2D eigenvalue weighted by molar-refractivity contribution is 5.99. The van der Waals surface area contributed by atoms with Gasteiger partial charge in [-0.2, -0.15) is 0 Å². The van der Waals surface area contributed by atoms with E-state index in [1.54, 1.807) is 6.08 Å². The lowest BCUT2D eigenvalue weighted by atomic mass is 10.1. The Morgan fingerprint density at radius 1 is 1.14 bits per heavy atom. The lowest BCUT2D eigenvalue weighted by Crippen LogP contribution is -2.07. The van der Waals surface area contributed by atoms with Gasteiger partial charge in [-0.15, -0.1) is 0 Å². The molecule has 0 fully saturated rings. The first kappa shape index (κ1) is 16.7. The standard InChI is InChI=1S/C17H17NO.C2H6/c1-14-6-5-7-15(11-10-14)12-13-17(19)18-16-8-3-2-4-9-16;1-2/h2-14H,1H3,(H,18,19);1-2H3/b13-12+;. The average molecular weight is 281 g/mol. The van der Waals surface area contributed by atoms with Crippen molar-refractivity contribution in [3.05, 3.63) is 78.4 Å². The monoisotopic (exact) mass is 281 g/mol. The van der Waals surface area contributed by atoms with E-state index in [0.717, 1.165) is 11.3 Å². The summed E-state index contributed by atoms with van der Waals surface area (Å²) in [6, 6.07) is 9.42. The van der Waals surface area contributed by atoms with Crippen molar-refractivity contribution in [2.24, 2.45) is 5.92 Å². The predicted molar refractivity (Wildman–Crippen MR) is 91.1 cm³/mol. The van der Waals surface area contributed by atoms with Gasteiger partial charge in [0.25, 0.3) is 0 Å². The summed E-state index contributed by atoms with van der Waals surface area (Å²) in [7, 11) is 0. The molecular formula is C19H23NO. The average Bonchev–Trinajstić information content (AvgIpc) is 2.73. The first-order valence-electron chi connectivity index (χ1n) is 7.35. The number of allylic oxidation sites excluding steroid dienone is 7. The summed E-state index contributed by atoms with van der Waals surface area (Å²) in [5.41, 5.74) is 1.82. The molecular weight excluding hydrogens is 258 g/mol. The number of rotatable bonds is 3. The minimum atomic E-state index is -0.123. The van der Waals surface area contributed by atoms with Gasteiger partial charge in [-0.25, -0.2) is 0 Å². The van der Waals surface area contributed by atoms with Crippen LogP contribution in [0.1, 0.15) is 20.8 Å². The summed E-state index contributed by atoms with van der Waals surface area (Å²) in [5, 5.41) is 2.81. The van der Waals surface area contributed by atoms with E-state index in [4.69, 9.17) is 0 Å². The quantitative estimate of drug-likeness (QED) is 0.785. The zero-order valence-corrected chi connectivity index (χ0v) is 12.9. The van der Waals surface area contributed by atoms with Gasteiger partial charge in [0.1, 0.15) is 0 Å². The number of para-hydroxylation sites is 1. The molecule has 0 saturated carbocycles. The fourth-order valence-corrected chi connectivity index (χ4v) is 1.71. The van der Waals surface area contributed by atoms with Crippen LogP contribution < -0.4 is 5.32 Å². The summed E-state index contributed by atoms with van der Waals surface area (Å²) in [6.45, 7) is 6.12. The van der Waals surface area contributed by atoms with Gasteiger partial charge in [0.2, 0.25) is 5.91 Å². The molecule has 1 unspecified atom stereocenters. The van der Waals surface area contributed by atoms with E-state index in [2.05, 4.69) is 24.4 Å². The van der Waals surface area contributed by atoms with Crippen LogP contribution in [0.4, 0.5) is 5.69 Å². The molecule has 0 heterocycles. The summed E-state index contributed by atoms with van der Waals surface area (Å²) in [4.78, 5) is 11.7. The smallest absolute Gasteiger partial charge is 0.248 e. The Hall–Kier alpha value is -2.35. The molecule has 2 nitrogen and oxygen atoms in total. The molecule has 0 aliphatic heterocycles. The molecule has 0 saturated heterocycles. The van der Waals surface area contributed by atoms with E-state index in [1.807, 2.05) is 68.5 Å². The van der Waals surface area contributed by atoms with Crippen LogP contribution in [0.2, 0.25) is 0 Å². The van der Waals surface area contributed by atoms with E-state index in [0.29, 0.717) is 5.92 Å². The van der Waals surface area contributed by atoms with Crippen molar-refractivity contribution in [3.63, 3.8) is 0 Å². The van der Waals surface area contributed by atoms with Crippen LogP contribution in [0.3, 0.4) is 0 Å². The van der Waals surface area contributed by atoms with E-state index in [1.165, 1.54) is 0 Å². The fourth-order valence-electron chi connectivity index (χ4n) is 1.71. The van der Waals surface area contributed by atoms with Crippen LogP contribution in [-0.4, -0.2) is 5.91 Å². The Morgan fingerprint density at radius 3 is 2.57 bits per heavy atom. The molecule has 0 spiro atoms. The summed E-state index contributed by atoms with van der Waals surface area (Å²) in [6.07, 6.45) is 13.6. The van der Waals surface area contributed by atoms with Gasteiger partial charge in [-0.1, -0.05) is 69.4 Å². The van der Waals surface area contributed by atoms with Gasteiger partial charge in [0, 0.05) is 11.8 Å². The zero-order valence-electron chi connectivity index (χ0n) is 12.9. The molecule has 0 aromatic heterocycles. The molecule has 1 amide bonds. The van der Waals surface area contributed by atoms with Gasteiger partial charge in [0.15, 0.2) is 0 Å². The van der Waals surface area contributed by atoms with Crippen molar-refractivity contribution in [1.82, 2.24) is 0 Å². The fraction of sp³-hybridized carbons (Fsp3) is 0.211. The van der Waals surface area contributed by atoms with Gasteiger partial charge >= 0.3 is 0 Å². The maximum atomic E-state index is 11.7. The summed E-state index contributed by atoms with van der Waals surface area (Å²) in [5.74, 6) is 0.307. The number of carbonyl (C=O) groups is 1. The SMILES string of the molecule is CC.CC1C=CC=C(/C=C/C(=O)Nc2ccccc2)C=C1. The minimum absolute atomic E-state index is 0.123. The Balaban J connectivity index is 0.00000106. The van der Waals surface area contributed by atoms with E-state index in [-0.39, 0.29) is 5.91 Å². The van der Waals surface area contributed by atoms with Crippen molar-refractivity contribution in [2.75, 3.05) is 5.32 Å². The largest absolute Gasteiger partial charge is 0.323 e. The zero-order chi connectivity index (χ0) is 15.5. The van der Waals surface area contributed by atoms with Gasteiger partial charge in [-0.3, -0.25) is 4.79 Å². The summed E-state index contributed by atoms with van der Waals surface area (Å²) < 4.78 is 0. The minimum Gasteiger partial charge on any atom is -0.323 e. The van der Waals surface area contributed by atoms with Gasteiger partial charge < -0.3 is 5.32 Å². The summed E-state index contributed by atoms with van der Waals surface area (Å²) >= 11 is 0. The second-order valence-electron chi connectivity index (χ2n) is 4.46. The number of amides is 1. The Morgan fingerprint density at radius 2 is 1.86 bits per heavy atom. The molecule has 1 aliphatic rings. The molecule has 1 aromatic rings. The van der Waals surface area contributed by atoms with E-state index >= 15 is 0 Å². The number of anilines is 1. The van der Waals surface area contributed by atoms with Crippen LogP contribution in [0.15, 0.2) is 78.4 Å². The van der Waals surface area contributed by atoms with Crippen LogP contribution >= 0.6 is 0 Å². The molecule has 2 rings (SSSR count). The molecule has 0 radical (unpaired) electrons. The van der Waals surface area contributed by atoms with Gasteiger partial charge in [0.05, 0.1) is 0 Å². The lowest BCUT2D eigenvalue weighted by molar-refractivity contribution is -0.111. The molecule has 1 aliphatic carbocycles. The van der Waals surface area contributed by atoms with Crippen molar-refractivity contribution in [3.8, 4) is 0 Å². The topological polar surface area (TPSA) is 29.1 Å². The van der Waals surface area contributed by atoms with Crippen LogP contribution in [0.25, 0.3) is 0 Å². The van der Waals surface area contributed by atoms with Crippen molar-refractivity contribution >= 4 is 11.6 Å². The molecule has 2 heteroatoms. The third-order valence-corrected chi connectivity index (χ3v) is 2.76. The highest BCUT2D eigenvalue weighted by Crippen LogP contribution is 2.11. The van der Waals surface area contributed by atoms with E-state index in [9.17, 15) is 4.79 Å². The third-order valence-electron chi connectivity index (χ3n) is 2.76. The highest BCUT2D eigenvalue weighted by atomic mass is 16.1. The van der Waals surface area contributed by atoms with Crippen molar-refractivity contribution in [1.29, 1.82) is 0 Å². The molecule has 1 N–H and O–H groups in total. The maximum absolute atomic E-state index is 11.7. The number of nitrogens with one attached hydrogen (secondary N) is 1. The molecule has 1 aromatic carbocycles.